The number of hydrogen-bond donors (Lipinski definition) is 0. The van der Waals surface area contributed by atoms with Crippen LogP contribution in [0.1, 0.15) is 0 Å². The van der Waals surface area contributed by atoms with Gasteiger partial charge in [-0.2, -0.15) is 0 Å². The molecule has 0 N–H and O–H groups in total. The number of imide groups is 1. The molecule has 2 fully saturated rings. The molecule has 3 aliphatic rings. The maximum atomic E-state index is 12.5. The minimum atomic E-state index is -0.390. The van der Waals surface area contributed by atoms with Gasteiger partial charge in [0.1, 0.15) is 0 Å². The third kappa shape index (κ3) is 1.33. The third-order valence-corrected chi connectivity index (χ3v) is 4.32. The number of halogens is 1. The molecular formula is C14H10ClNO3. The lowest BCUT2D eigenvalue weighted by molar-refractivity contribution is -0.124. The first-order chi connectivity index (χ1) is 9.18. The Morgan fingerprint density at radius 2 is 1.58 bits per heavy atom. The highest BCUT2D eigenvalue weighted by atomic mass is 35.5. The van der Waals surface area contributed by atoms with E-state index in [2.05, 4.69) is 0 Å². The zero-order valence-corrected chi connectivity index (χ0v) is 10.6. The van der Waals surface area contributed by atoms with Gasteiger partial charge in [-0.25, -0.2) is 4.90 Å². The first-order valence-electron chi connectivity index (χ1n) is 6.14. The van der Waals surface area contributed by atoms with Gasteiger partial charge in [-0.3, -0.25) is 9.59 Å². The number of ether oxygens (including phenoxy) is 1. The second kappa shape index (κ2) is 3.68. The average molecular weight is 276 g/mol. The van der Waals surface area contributed by atoms with E-state index in [-0.39, 0.29) is 24.0 Å². The third-order valence-electron chi connectivity index (χ3n) is 4.00. The highest BCUT2D eigenvalue weighted by Gasteiger charge is 2.61. The zero-order valence-electron chi connectivity index (χ0n) is 9.82. The summed E-state index contributed by atoms with van der Waals surface area (Å²) in [5.74, 6) is -1.20. The van der Waals surface area contributed by atoms with Crippen LogP contribution >= 0.6 is 11.6 Å². The van der Waals surface area contributed by atoms with Gasteiger partial charge in [-0.05, 0) is 12.1 Å². The fourth-order valence-corrected chi connectivity index (χ4v) is 3.39. The fraction of sp³-hybridized carbons (Fsp3) is 0.286. The summed E-state index contributed by atoms with van der Waals surface area (Å²) in [4.78, 5) is 26.2. The molecule has 3 aliphatic heterocycles. The minimum Gasteiger partial charge on any atom is -0.365 e. The molecule has 3 heterocycles. The Kier molecular flexibility index (Phi) is 2.17. The van der Waals surface area contributed by atoms with Crippen molar-refractivity contribution in [2.45, 2.75) is 12.2 Å². The summed E-state index contributed by atoms with van der Waals surface area (Å²) >= 11 is 6.09. The molecular weight excluding hydrogens is 266 g/mol. The molecule has 4 nitrogen and oxygen atoms in total. The quantitative estimate of drug-likeness (QED) is 0.580. The van der Waals surface area contributed by atoms with Crippen molar-refractivity contribution in [1.29, 1.82) is 0 Å². The summed E-state index contributed by atoms with van der Waals surface area (Å²) in [6.45, 7) is 0. The van der Waals surface area contributed by atoms with Gasteiger partial charge >= 0.3 is 0 Å². The lowest BCUT2D eigenvalue weighted by Crippen LogP contribution is -2.34. The molecule has 0 radical (unpaired) electrons. The largest absolute Gasteiger partial charge is 0.365 e. The van der Waals surface area contributed by atoms with Crippen LogP contribution in [0.25, 0.3) is 0 Å². The van der Waals surface area contributed by atoms with Crippen molar-refractivity contribution in [3.8, 4) is 0 Å². The number of carbonyl (C=O) groups is 2. The standard InChI is InChI=1S/C14H10ClNO3/c15-7-3-1-2-4-8(7)16-13(17)11-9-5-6-10(19-9)12(11)14(16)18/h1-6,9-12H/t9-,10-,11-,12+/m0/s1. The Hall–Kier alpha value is -1.65. The van der Waals surface area contributed by atoms with E-state index in [0.717, 1.165) is 0 Å². The Labute approximate surface area is 114 Å². The summed E-state index contributed by atoms with van der Waals surface area (Å²) in [5, 5.41) is 0.408. The number of fused-ring (bicyclic) bond motifs is 5. The van der Waals surface area contributed by atoms with Crippen LogP contribution in [0.4, 0.5) is 5.69 Å². The van der Waals surface area contributed by atoms with Gasteiger partial charge < -0.3 is 4.74 Å². The van der Waals surface area contributed by atoms with E-state index in [0.29, 0.717) is 10.7 Å². The topological polar surface area (TPSA) is 46.6 Å². The van der Waals surface area contributed by atoms with Crippen LogP contribution in [0.2, 0.25) is 5.02 Å². The average Bonchev–Trinajstić information content (AvgIpc) is 3.06. The van der Waals surface area contributed by atoms with Gasteiger partial charge in [-0.1, -0.05) is 35.9 Å². The molecule has 1 aromatic rings. The van der Waals surface area contributed by atoms with E-state index in [4.69, 9.17) is 16.3 Å². The second-order valence-electron chi connectivity index (χ2n) is 4.97. The number of benzene rings is 1. The summed E-state index contributed by atoms with van der Waals surface area (Å²) < 4.78 is 5.58. The summed E-state index contributed by atoms with van der Waals surface area (Å²) in [5.41, 5.74) is 0.466. The SMILES string of the molecule is O=C1[C@@H]2[C@H](C(=O)N1c1ccccc1Cl)[C@@H]1C=C[C@@H]2O1. The van der Waals surface area contributed by atoms with Crippen LogP contribution in [0.15, 0.2) is 36.4 Å². The van der Waals surface area contributed by atoms with Crippen molar-refractivity contribution in [1.82, 2.24) is 0 Å². The van der Waals surface area contributed by atoms with E-state index in [9.17, 15) is 9.59 Å². The number of rotatable bonds is 1. The Morgan fingerprint density at radius 3 is 2.16 bits per heavy atom. The molecule has 0 spiro atoms. The van der Waals surface area contributed by atoms with Crippen molar-refractivity contribution in [3.63, 3.8) is 0 Å². The smallest absolute Gasteiger partial charge is 0.240 e. The predicted octanol–water partition coefficient (Wildman–Crippen LogP) is 1.78. The zero-order chi connectivity index (χ0) is 13.1. The maximum Gasteiger partial charge on any atom is 0.240 e. The summed E-state index contributed by atoms with van der Waals surface area (Å²) in [7, 11) is 0. The molecule has 0 unspecified atom stereocenters. The molecule has 0 aliphatic carbocycles. The molecule has 2 amide bonds. The molecule has 19 heavy (non-hydrogen) atoms. The van der Waals surface area contributed by atoms with E-state index in [1.54, 1.807) is 24.3 Å². The van der Waals surface area contributed by atoms with Gasteiger partial charge in [-0.15, -0.1) is 0 Å². The second-order valence-corrected chi connectivity index (χ2v) is 5.37. The van der Waals surface area contributed by atoms with Crippen molar-refractivity contribution >= 4 is 29.1 Å². The molecule has 1 aromatic carbocycles. The van der Waals surface area contributed by atoms with E-state index in [1.165, 1.54) is 4.90 Å². The molecule has 2 bridgehead atoms. The number of hydrogen-bond acceptors (Lipinski definition) is 3. The van der Waals surface area contributed by atoms with Crippen LogP contribution in [0.3, 0.4) is 0 Å². The lowest BCUT2D eigenvalue weighted by atomic mass is 9.85. The van der Waals surface area contributed by atoms with E-state index < -0.39 is 11.8 Å². The Morgan fingerprint density at radius 1 is 1.00 bits per heavy atom. The van der Waals surface area contributed by atoms with Gasteiger partial charge in [0.05, 0.1) is 34.8 Å². The van der Waals surface area contributed by atoms with Gasteiger partial charge in [0.2, 0.25) is 11.8 Å². The van der Waals surface area contributed by atoms with Crippen molar-refractivity contribution in [2.75, 3.05) is 4.90 Å². The number of nitrogens with zero attached hydrogens (tertiary/aromatic N) is 1. The van der Waals surface area contributed by atoms with Crippen LogP contribution in [-0.4, -0.2) is 24.0 Å². The molecule has 4 rings (SSSR count). The minimum absolute atomic E-state index is 0.208. The van der Waals surface area contributed by atoms with Crippen molar-refractivity contribution in [3.05, 3.63) is 41.4 Å². The van der Waals surface area contributed by atoms with Crippen LogP contribution in [0.5, 0.6) is 0 Å². The Bertz CT molecular complexity index is 597. The highest BCUT2D eigenvalue weighted by Crippen LogP contribution is 2.47. The summed E-state index contributed by atoms with van der Waals surface area (Å²) in [6, 6.07) is 6.90. The molecule has 2 saturated heterocycles. The van der Waals surface area contributed by atoms with Crippen molar-refractivity contribution in [2.24, 2.45) is 11.8 Å². The predicted molar refractivity (Wildman–Crippen MR) is 68.7 cm³/mol. The van der Waals surface area contributed by atoms with Gasteiger partial charge in [0, 0.05) is 0 Å². The summed E-state index contributed by atoms with van der Waals surface area (Å²) in [6.07, 6.45) is 3.21. The Balaban J connectivity index is 1.79. The van der Waals surface area contributed by atoms with Crippen LogP contribution in [0, 0.1) is 11.8 Å². The fourth-order valence-electron chi connectivity index (χ4n) is 3.17. The maximum absolute atomic E-state index is 12.5. The van der Waals surface area contributed by atoms with Gasteiger partial charge in [0.15, 0.2) is 0 Å². The molecule has 5 heteroatoms. The number of para-hydroxylation sites is 1. The van der Waals surface area contributed by atoms with Crippen LogP contribution in [-0.2, 0) is 14.3 Å². The number of anilines is 1. The lowest BCUT2D eigenvalue weighted by Gasteiger charge is -2.18. The molecule has 0 aromatic heterocycles. The first kappa shape index (κ1) is 11.2. The molecule has 96 valence electrons. The molecule has 0 saturated carbocycles. The van der Waals surface area contributed by atoms with E-state index in [1.807, 2.05) is 12.2 Å². The normalized spacial score (nSPS) is 35.3. The number of amides is 2. The highest BCUT2D eigenvalue weighted by molar-refractivity contribution is 6.36. The van der Waals surface area contributed by atoms with Crippen LogP contribution < -0.4 is 4.90 Å². The van der Waals surface area contributed by atoms with Gasteiger partial charge in [0.25, 0.3) is 0 Å². The monoisotopic (exact) mass is 275 g/mol. The first-order valence-corrected chi connectivity index (χ1v) is 6.52. The number of carbonyl (C=O) groups excluding carboxylic acids is 2. The van der Waals surface area contributed by atoms with E-state index >= 15 is 0 Å². The molecule has 4 atom stereocenters. The van der Waals surface area contributed by atoms with Crippen molar-refractivity contribution < 1.29 is 14.3 Å².